The van der Waals surface area contributed by atoms with Crippen molar-refractivity contribution in [1.29, 1.82) is 0 Å². The van der Waals surface area contributed by atoms with Crippen LogP contribution in [0.4, 0.5) is 0 Å². The van der Waals surface area contributed by atoms with Crippen molar-refractivity contribution in [2.24, 2.45) is 0 Å². The molecule has 112 valence electrons. The van der Waals surface area contributed by atoms with Crippen LogP contribution in [0.5, 0.6) is 0 Å². The summed E-state index contributed by atoms with van der Waals surface area (Å²) in [7, 11) is -4.91. The highest BCUT2D eigenvalue weighted by atomic mass is 31.2. The molecule has 1 fully saturated rings. The van der Waals surface area contributed by atoms with Gasteiger partial charge in [0.15, 0.2) is 6.29 Å². The summed E-state index contributed by atoms with van der Waals surface area (Å²) in [5.41, 5.74) is 0. The van der Waals surface area contributed by atoms with E-state index >= 15 is 0 Å². The van der Waals surface area contributed by atoms with E-state index in [1.54, 1.807) is 0 Å². The standard InChI is InChI=1S/C6H13O9P.2H2O/c7-1-2-3(8)4(9)5(10)6(14-2)15-16(11,12)13;;/h2-10H,1H2,(H2,11,12,13);2*1H2/t2-,3-,4+,5-,6-;;/m1../s1. The molecule has 10 N–H and O–H groups in total. The molecule has 0 aromatic rings. The Morgan fingerprint density at radius 1 is 1.06 bits per heavy atom. The molecular weight excluding hydrogens is 279 g/mol. The number of phosphoric ester groups is 1. The molecular formula is C6H17O11P. The van der Waals surface area contributed by atoms with Crippen molar-refractivity contribution < 1.29 is 55.0 Å². The maximum atomic E-state index is 10.5. The van der Waals surface area contributed by atoms with Crippen LogP contribution in [0.1, 0.15) is 0 Å². The number of hydrogen-bond acceptors (Lipinski definition) is 7. The summed E-state index contributed by atoms with van der Waals surface area (Å²) in [6.07, 6.45) is -8.25. The smallest absolute Gasteiger partial charge is 0.412 e. The molecule has 1 heterocycles. The predicted molar refractivity (Wildman–Crippen MR) is 54.1 cm³/mol. The monoisotopic (exact) mass is 296 g/mol. The van der Waals surface area contributed by atoms with Crippen molar-refractivity contribution >= 4 is 7.82 Å². The molecule has 12 heteroatoms. The first-order valence-corrected chi connectivity index (χ1v) is 5.83. The van der Waals surface area contributed by atoms with Gasteiger partial charge in [-0.15, -0.1) is 0 Å². The maximum Gasteiger partial charge on any atom is 0.472 e. The minimum atomic E-state index is -4.91. The lowest BCUT2D eigenvalue weighted by Gasteiger charge is -2.39. The molecule has 0 aromatic carbocycles. The van der Waals surface area contributed by atoms with Crippen molar-refractivity contribution in [3.63, 3.8) is 0 Å². The van der Waals surface area contributed by atoms with Gasteiger partial charge in [0.1, 0.15) is 24.4 Å². The third-order valence-electron chi connectivity index (χ3n) is 2.09. The number of aliphatic hydroxyl groups excluding tert-OH is 4. The van der Waals surface area contributed by atoms with Gasteiger partial charge in [-0.1, -0.05) is 0 Å². The van der Waals surface area contributed by atoms with Crippen molar-refractivity contribution in [3.8, 4) is 0 Å². The zero-order valence-electron chi connectivity index (χ0n) is 8.95. The van der Waals surface area contributed by atoms with E-state index in [2.05, 4.69) is 9.26 Å². The highest BCUT2D eigenvalue weighted by Gasteiger charge is 2.46. The van der Waals surface area contributed by atoms with E-state index in [9.17, 15) is 19.9 Å². The quantitative estimate of drug-likeness (QED) is 0.275. The van der Waals surface area contributed by atoms with Gasteiger partial charge in [0.25, 0.3) is 0 Å². The third kappa shape index (κ3) is 4.84. The highest BCUT2D eigenvalue weighted by Crippen LogP contribution is 2.40. The third-order valence-corrected chi connectivity index (χ3v) is 2.57. The minimum absolute atomic E-state index is 0. The minimum Gasteiger partial charge on any atom is -0.412 e. The lowest BCUT2D eigenvalue weighted by Crippen LogP contribution is -2.58. The average Bonchev–Trinajstić information content (AvgIpc) is 2.17. The Kier molecular flexibility index (Phi) is 8.32. The van der Waals surface area contributed by atoms with Gasteiger partial charge < -0.3 is 45.9 Å². The Labute approximate surface area is 101 Å². The van der Waals surface area contributed by atoms with Gasteiger partial charge in [0.2, 0.25) is 0 Å². The van der Waals surface area contributed by atoms with Crippen LogP contribution in [0.15, 0.2) is 0 Å². The molecule has 5 atom stereocenters. The van der Waals surface area contributed by atoms with E-state index in [0.717, 1.165) is 0 Å². The molecule has 18 heavy (non-hydrogen) atoms. The topological polar surface area (TPSA) is 220 Å². The van der Waals surface area contributed by atoms with Crippen molar-refractivity contribution in [1.82, 2.24) is 0 Å². The fourth-order valence-corrected chi connectivity index (χ4v) is 1.73. The summed E-state index contributed by atoms with van der Waals surface area (Å²) in [5.74, 6) is 0. The fraction of sp³-hybridized carbons (Fsp3) is 1.00. The summed E-state index contributed by atoms with van der Waals surface area (Å²) in [6, 6.07) is 0. The molecule has 1 rings (SSSR count). The maximum absolute atomic E-state index is 10.5. The summed E-state index contributed by atoms with van der Waals surface area (Å²) >= 11 is 0. The number of hydrogen-bond donors (Lipinski definition) is 6. The van der Waals surface area contributed by atoms with E-state index in [-0.39, 0.29) is 11.0 Å². The number of ether oxygens (including phenoxy) is 1. The molecule has 0 amide bonds. The van der Waals surface area contributed by atoms with Crippen LogP contribution in [-0.2, 0) is 13.8 Å². The average molecular weight is 296 g/mol. The molecule has 0 radical (unpaired) electrons. The molecule has 0 saturated carbocycles. The first-order chi connectivity index (χ1) is 7.26. The van der Waals surface area contributed by atoms with Gasteiger partial charge in [-0.05, 0) is 0 Å². The van der Waals surface area contributed by atoms with E-state index in [1.165, 1.54) is 0 Å². The molecule has 0 aliphatic carbocycles. The molecule has 11 nitrogen and oxygen atoms in total. The first kappa shape index (κ1) is 20.2. The zero-order chi connectivity index (χ0) is 12.5. The van der Waals surface area contributed by atoms with Crippen molar-refractivity contribution in [2.75, 3.05) is 6.61 Å². The second kappa shape index (κ2) is 7.43. The van der Waals surface area contributed by atoms with Crippen LogP contribution in [0.3, 0.4) is 0 Å². The second-order valence-electron chi connectivity index (χ2n) is 3.29. The summed E-state index contributed by atoms with van der Waals surface area (Å²) in [5, 5.41) is 36.6. The Balaban J connectivity index is 0. The van der Waals surface area contributed by atoms with E-state index in [1.807, 2.05) is 0 Å². The Hall–Kier alpha value is -0.170. The SMILES string of the molecule is O.O.O=P(O)(O)O[C@H]1O[C@H](CO)[C@@H](O)[C@H](O)[C@H]1O. The van der Waals surface area contributed by atoms with Crippen LogP contribution >= 0.6 is 7.82 Å². The summed E-state index contributed by atoms with van der Waals surface area (Å²) in [4.78, 5) is 17.0. The summed E-state index contributed by atoms with van der Waals surface area (Å²) < 4.78 is 19.2. The molecule has 1 aliphatic rings. The van der Waals surface area contributed by atoms with Gasteiger partial charge in [-0.3, -0.25) is 4.52 Å². The van der Waals surface area contributed by atoms with Gasteiger partial charge >= 0.3 is 7.82 Å². The normalized spacial score (nSPS) is 36.4. The van der Waals surface area contributed by atoms with Gasteiger partial charge in [-0.2, -0.15) is 0 Å². The van der Waals surface area contributed by atoms with Crippen LogP contribution < -0.4 is 0 Å². The summed E-state index contributed by atoms with van der Waals surface area (Å²) in [6.45, 7) is -0.702. The molecule has 1 saturated heterocycles. The fourth-order valence-electron chi connectivity index (χ4n) is 1.29. The first-order valence-electron chi connectivity index (χ1n) is 4.30. The van der Waals surface area contributed by atoms with Gasteiger partial charge in [0, 0.05) is 0 Å². The van der Waals surface area contributed by atoms with Crippen molar-refractivity contribution in [2.45, 2.75) is 30.7 Å². The van der Waals surface area contributed by atoms with E-state index < -0.39 is 45.1 Å². The van der Waals surface area contributed by atoms with Crippen LogP contribution in [0, 0.1) is 0 Å². The van der Waals surface area contributed by atoms with E-state index in [4.69, 9.17) is 14.9 Å². The zero-order valence-corrected chi connectivity index (χ0v) is 9.84. The van der Waals surface area contributed by atoms with E-state index in [0.29, 0.717) is 0 Å². The Morgan fingerprint density at radius 2 is 1.56 bits per heavy atom. The van der Waals surface area contributed by atoms with Crippen LogP contribution in [0.2, 0.25) is 0 Å². The molecule has 0 spiro atoms. The Morgan fingerprint density at radius 3 is 1.94 bits per heavy atom. The number of phosphoric acid groups is 1. The van der Waals surface area contributed by atoms with Crippen molar-refractivity contribution in [3.05, 3.63) is 0 Å². The highest BCUT2D eigenvalue weighted by molar-refractivity contribution is 7.46. The van der Waals surface area contributed by atoms with Gasteiger partial charge in [0.05, 0.1) is 6.61 Å². The lowest BCUT2D eigenvalue weighted by atomic mass is 10.00. The molecule has 1 aliphatic heterocycles. The van der Waals surface area contributed by atoms with Gasteiger partial charge in [-0.25, -0.2) is 4.57 Å². The second-order valence-corrected chi connectivity index (χ2v) is 4.49. The number of aliphatic hydroxyl groups is 4. The Bertz CT molecular complexity index is 277. The largest absolute Gasteiger partial charge is 0.472 e. The predicted octanol–water partition coefficient (Wildman–Crippen LogP) is -4.75. The van der Waals surface area contributed by atoms with Crippen LogP contribution in [0.25, 0.3) is 0 Å². The number of rotatable bonds is 3. The molecule has 0 unspecified atom stereocenters. The molecule has 0 aromatic heterocycles. The molecule has 0 bridgehead atoms. The van der Waals surface area contributed by atoms with Crippen LogP contribution in [-0.4, -0.2) is 78.5 Å². The lowest BCUT2D eigenvalue weighted by molar-refractivity contribution is -0.280.